The number of rotatable bonds is 6. The second-order valence-electron chi connectivity index (χ2n) is 4.46. The average Bonchev–Trinajstić information content (AvgIpc) is 2.47. The zero-order valence-electron chi connectivity index (χ0n) is 12.8. The Bertz CT molecular complexity index is 571. The Kier molecular flexibility index (Phi) is 6.82. The number of hydrogen-bond donors (Lipinski definition) is 0. The molecular weight excluding hydrogens is 288 g/mol. The van der Waals surface area contributed by atoms with Crippen LogP contribution in [0.15, 0.2) is 35.9 Å². The van der Waals surface area contributed by atoms with Crippen LogP contribution in [-0.2, 0) is 19.1 Å². The molecule has 0 spiro atoms. The van der Waals surface area contributed by atoms with Crippen LogP contribution in [0.4, 0.5) is 0 Å². The second-order valence-corrected chi connectivity index (χ2v) is 4.46. The number of carbonyl (C=O) groups is 3. The van der Waals surface area contributed by atoms with E-state index < -0.39 is 17.9 Å². The summed E-state index contributed by atoms with van der Waals surface area (Å²) in [6.07, 6.45) is 1.87. The van der Waals surface area contributed by atoms with E-state index in [9.17, 15) is 14.4 Å². The van der Waals surface area contributed by atoms with Gasteiger partial charge in [-0.05, 0) is 37.6 Å². The third-order valence-corrected chi connectivity index (χ3v) is 2.65. The van der Waals surface area contributed by atoms with E-state index in [4.69, 9.17) is 9.47 Å². The molecule has 1 aromatic rings. The lowest BCUT2D eigenvalue weighted by atomic mass is 10.2. The third kappa shape index (κ3) is 6.21. The molecule has 0 aliphatic rings. The maximum Gasteiger partial charge on any atom is 0.338 e. The highest BCUT2D eigenvalue weighted by Crippen LogP contribution is 2.18. The zero-order chi connectivity index (χ0) is 16.5. The number of hydrogen-bond acceptors (Lipinski definition) is 6. The van der Waals surface area contributed by atoms with Gasteiger partial charge < -0.3 is 14.2 Å². The molecule has 22 heavy (non-hydrogen) atoms. The molecular formula is C16H18O6. The Morgan fingerprint density at radius 3 is 2.18 bits per heavy atom. The van der Waals surface area contributed by atoms with E-state index in [2.05, 4.69) is 4.74 Å². The first-order chi connectivity index (χ1) is 10.4. The minimum absolute atomic E-state index is 0.0206. The van der Waals surface area contributed by atoms with Crippen LogP contribution in [0.1, 0.15) is 26.7 Å². The number of esters is 3. The standard InChI is InChI=1S/C16H18O6/c1-11(5-4-6-15(18)21-12(2)17)16(19)22-14-9-7-13(20-3)8-10-14/h5,7-10H,4,6H2,1-3H3. The minimum atomic E-state index is -0.649. The van der Waals surface area contributed by atoms with Crippen molar-refractivity contribution in [2.24, 2.45) is 0 Å². The summed E-state index contributed by atoms with van der Waals surface area (Å²) in [6.45, 7) is 2.74. The molecule has 118 valence electrons. The van der Waals surface area contributed by atoms with Crippen molar-refractivity contribution in [1.29, 1.82) is 0 Å². The monoisotopic (exact) mass is 306 g/mol. The van der Waals surface area contributed by atoms with Crippen molar-refractivity contribution >= 4 is 17.9 Å². The highest BCUT2D eigenvalue weighted by Gasteiger charge is 2.09. The van der Waals surface area contributed by atoms with Crippen LogP contribution in [-0.4, -0.2) is 25.0 Å². The molecule has 0 aliphatic carbocycles. The average molecular weight is 306 g/mol. The fourth-order valence-electron chi connectivity index (χ4n) is 1.53. The van der Waals surface area contributed by atoms with E-state index in [0.29, 0.717) is 17.1 Å². The largest absolute Gasteiger partial charge is 0.497 e. The molecule has 0 heterocycles. The van der Waals surface area contributed by atoms with Crippen molar-refractivity contribution in [3.05, 3.63) is 35.9 Å². The molecule has 0 fully saturated rings. The molecule has 0 aliphatic heterocycles. The van der Waals surface area contributed by atoms with Gasteiger partial charge in [-0.25, -0.2) is 4.79 Å². The topological polar surface area (TPSA) is 78.9 Å². The Balaban J connectivity index is 2.47. The lowest BCUT2D eigenvalue weighted by Gasteiger charge is -2.05. The maximum atomic E-state index is 11.8. The van der Waals surface area contributed by atoms with Gasteiger partial charge >= 0.3 is 17.9 Å². The first-order valence-electron chi connectivity index (χ1n) is 6.66. The summed E-state index contributed by atoms with van der Waals surface area (Å²) in [5.74, 6) is -0.722. The normalized spacial score (nSPS) is 10.8. The zero-order valence-corrected chi connectivity index (χ0v) is 12.8. The molecule has 1 rings (SSSR count). The summed E-state index contributed by atoms with van der Waals surface area (Å²) in [5, 5.41) is 0. The van der Waals surface area contributed by atoms with Crippen LogP contribution in [0.2, 0.25) is 0 Å². The van der Waals surface area contributed by atoms with Crippen molar-refractivity contribution in [2.45, 2.75) is 26.7 Å². The van der Waals surface area contributed by atoms with Gasteiger partial charge in [0.1, 0.15) is 11.5 Å². The lowest BCUT2D eigenvalue weighted by Crippen LogP contribution is -2.10. The van der Waals surface area contributed by atoms with Gasteiger partial charge in [0.05, 0.1) is 7.11 Å². The predicted octanol–water partition coefficient (Wildman–Crippen LogP) is 2.42. The van der Waals surface area contributed by atoms with E-state index in [1.807, 2.05) is 0 Å². The summed E-state index contributed by atoms with van der Waals surface area (Å²) in [7, 11) is 1.55. The van der Waals surface area contributed by atoms with Gasteiger partial charge in [0.2, 0.25) is 0 Å². The third-order valence-electron chi connectivity index (χ3n) is 2.65. The van der Waals surface area contributed by atoms with Crippen molar-refractivity contribution < 1.29 is 28.6 Å². The lowest BCUT2D eigenvalue weighted by molar-refractivity contribution is -0.158. The molecule has 6 heteroatoms. The molecule has 0 atom stereocenters. The molecule has 0 saturated carbocycles. The van der Waals surface area contributed by atoms with E-state index in [-0.39, 0.29) is 12.8 Å². The number of methoxy groups -OCH3 is 1. The van der Waals surface area contributed by atoms with Gasteiger partial charge in [-0.1, -0.05) is 6.08 Å². The molecule has 6 nitrogen and oxygen atoms in total. The van der Waals surface area contributed by atoms with Crippen LogP contribution in [0, 0.1) is 0 Å². The first kappa shape index (κ1) is 17.4. The molecule has 0 bridgehead atoms. The van der Waals surface area contributed by atoms with E-state index >= 15 is 0 Å². The van der Waals surface area contributed by atoms with E-state index in [1.54, 1.807) is 44.4 Å². The quantitative estimate of drug-likeness (QED) is 0.347. The summed E-state index contributed by atoms with van der Waals surface area (Å²) in [4.78, 5) is 33.6. The summed E-state index contributed by atoms with van der Waals surface area (Å²) in [5.41, 5.74) is 0.367. The smallest absolute Gasteiger partial charge is 0.338 e. The van der Waals surface area contributed by atoms with Gasteiger partial charge in [0.25, 0.3) is 0 Å². The van der Waals surface area contributed by atoms with Gasteiger partial charge in [-0.3, -0.25) is 9.59 Å². The van der Waals surface area contributed by atoms with E-state index in [1.165, 1.54) is 0 Å². The number of allylic oxidation sites excluding steroid dienone is 1. The Morgan fingerprint density at radius 2 is 1.64 bits per heavy atom. The van der Waals surface area contributed by atoms with Crippen molar-refractivity contribution in [3.63, 3.8) is 0 Å². The highest BCUT2D eigenvalue weighted by atomic mass is 16.6. The molecule has 0 aromatic heterocycles. The molecule has 0 unspecified atom stereocenters. The Morgan fingerprint density at radius 1 is 1.05 bits per heavy atom. The van der Waals surface area contributed by atoms with Gasteiger partial charge in [-0.2, -0.15) is 0 Å². The van der Waals surface area contributed by atoms with Crippen molar-refractivity contribution in [2.75, 3.05) is 7.11 Å². The summed E-state index contributed by atoms with van der Waals surface area (Å²) in [6, 6.07) is 6.60. The van der Waals surface area contributed by atoms with Gasteiger partial charge in [0.15, 0.2) is 0 Å². The predicted molar refractivity (Wildman–Crippen MR) is 78.4 cm³/mol. The fourth-order valence-corrected chi connectivity index (χ4v) is 1.53. The minimum Gasteiger partial charge on any atom is -0.497 e. The number of benzene rings is 1. The first-order valence-corrected chi connectivity index (χ1v) is 6.66. The molecule has 0 amide bonds. The van der Waals surface area contributed by atoms with Crippen molar-refractivity contribution in [3.8, 4) is 11.5 Å². The molecule has 0 radical (unpaired) electrons. The number of carbonyl (C=O) groups excluding carboxylic acids is 3. The summed E-state index contributed by atoms with van der Waals surface area (Å²) < 4.78 is 14.5. The maximum absolute atomic E-state index is 11.8. The summed E-state index contributed by atoms with van der Waals surface area (Å²) >= 11 is 0. The molecule has 0 N–H and O–H groups in total. The second kappa shape index (κ2) is 8.61. The van der Waals surface area contributed by atoms with Crippen LogP contribution in [0.25, 0.3) is 0 Å². The highest BCUT2D eigenvalue weighted by molar-refractivity contribution is 5.89. The Labute approximate surface area is 128 Å². The van der Waals surface area contributed by atoms with Gasteiger partial charge in [0, 0.05) is 18.9 Å². The van der Waals surface area contributed by atoms with Gasteiger partial charge in [-0.15, -0.1) is 0 Å². The van der Waals surface area contributed by atoms with Crippen molar-refractivity contribution in [1.82, 2.24) is 0 Å². The van der Waals surface area contributed by atoms with Crippen LogP contribution in [0.5, 0.6) is 11.5 Å². The number of ether oxygens (including phenoxy) is 3. The molecule has 0 saturated heterocycles. The van der Waals surface area contributed by atoms with E-state index in [0.717, 1.165) is 6.92 Å². The van der Waals surface area contributed by atoms with Crippen LogP contribution < -0.4 is 9.47 Å². The Hall–Kier alpha value is -2.63. The fraction of sp³-hybridized carbons (Fsp3) is 0.312. The SMILES string of the molecule is COc1ccc(OC(=O)C(C)=CCCC(=O)OC(C)=O)cc1. The van der Waals surface area contributed by atoms with Crippen LogP contribution in [0.3, 0.4) is 0 Å². The molecule has 1 aromatic carbocycles. The van der Waals surface area contributed by atoms with Crippen LogP contribution >= 0.6 is 0 Å².